The lowest BCUT2D eigenvalue weighted by Gasteiger charge is -2.08. The number of nitrogens with two attached hydrogens (primary N) is 1. The standard InChI is InChI=1S/C14H12Cl2N4O3/c15-11-8(3-4-18-12(11)16)13(21)20-10-2-1-7(6-19-10)5-9(17)14(22)23/h1-4,6,9H,5,17H2,(H,22,23)(H,19,20,21). The number of carbonyl (C=O) groups excluding carboxylic acids is 1. The molecule has 0 saturated carbocycles. The zero-order valence-corrected chi connectivity index (χ0v) is 13.2. The van der Waals surface area contributed by atoms with Crippen LogP contribution in [0.5, 0.6) is 0 Å². The van der Waals surface area contributed by atoms with Crippen LogP contribution in [0.15, 0.2) is 30.6 Å². The third-order valence-corrected chi connectivity index (χ3v) is 3.70. The van der Waals surface area contributed by atoms with Crippen molar-refractivity contribution in [2.75, 3.05) is 5.32 Å². The Hall–Kier alpha value is -2.22. The molecular weight excluding hydrogens is 343 g/mol. The molecule has 0 fully saturated rings. The quantitative estimate of drug-likeness (QED) is 0.706. The average molecular weight is 355 g/mol. The van der Waals surface area contributed by atoms with E-state index in [1.54, 1.807) is 12.1 Å². The van der Waals surface area contributed by atoms with Crippen molar-refractivity contribution in [2.45, 2.75) is 12.5 Å². The topological polar surface area (TPSA) is 118 Å². The van der Waals surface area contributed by atoms with Crippen LogP contribution in [-0.4, -0.2) is 33.0 Å². The van der Waals surface area contributed by atoms with Crippen molar-refractivity contribution in [2.24, 2.45) is 5.73 Å². The highest BCUT2D eigenvalue weighted by Gasteiger charge is 2.15. The Bertz CT molecular complexity index is 737. The zero-order valence-electron chi connectivity index (χ0n) is 11.7. The molecule has 0 saturated heterocycles. The largest absolute Gasteiger partial charge is 0.480 e. The summed E-state index contributed by atoms with van der Waals surface area (Å²) in [5.41, 5.74) is 6.26. The summed E-state index contributed by atoms with van der Waals surface area (Å²) >= 11 is 11.7. The number of amides is 1. The molecule has 1 unspecified atom stereocenters. The number of nitrogens with one attached hydrogen (secondary N) is 1. The molecule has 0 aromatic carbocycles. The number of rotatable bonds is 5. The number of carbonyl (C=O) groups is 2. The summed E-state index contributed by atoms with van der Waals surface area (Å²) in [6, 6.07) is 3.60. The summed E-state index contributed by atoms with van der Waals surface area (Å²) in [6.45, 7) is 0. The molecule has 120 valence electrons. The maximum atomic E-state index is 12.1. The maximum Gasteiger partial charge on any atom is 0.320 e. The van der Waals surface area contributed by atoms with Gasteiger partial charge in [0.25, 0.3) is 5.91 Å². The van der Waals surface area contributed by atoms with Gasteiger partial charge < -0.3 is 16.2 Å². The molecule has 1 atom stereocenters. The minimum absolute atomic E-state index is 0.0327. The van der Waals surface area contributed by atoms with Gasteiger partial charge in [-0.25, -0.2) is 9.97 Å². The first kappa shape index (κ1) is 17.1. The summed E-state index contributed by atoms with van der Waals surface area (Å²) in [7, 11) is 0. The molecule has 2 rings (SSSR count). The van der Waals surface area contributed by atoms with Crippen LogP contribution in [-0.2, 0) is 11.2 Å². The number of aliphatic carboxylic acids is 1. The Kier molecular flexibility index (Phi) is 5.49. The van der Waals surface area contributed by atoms with E-state index in [-0.39, 0.29) is 28.0 Å². The Balaban J connectivity index is 2.07. The summed E-state index contributed by atoms with van der Waals surface area (Å²) in [5, 5.41) is 11.4. The molecule has 1 amide bonds. The highest BCUT2D eigenvalue weighted by molar-refractivity contribution is 6.43. The second kappa shape index (κ2) is 7.36. The fourth-order valence-electron chi connectivity index (χ4n) is 1.74. The fourth-order valence-corrected chi connectivity index (χ4v) is 2.09. The fraction of sp³-hybridized carbons (Fsp3) is 0.143. The molecule has 0 aliphatic carbocycles. The van der Waals surface area contributed by atoms with Crippen molar-refractivity contribution in [1.82, 2.24) is 9.97 Å². The van der Waals surface area contributed by atoms with Crippen LogP contribution in [0.4, 0.5) is 5.82 Å². The van der Waals surface area contributed by atoms with Gasteiger partial charge in [0.15, 0.2) is 0 Å². The van der Waals surface area contributed by atoms with E-state index in [0.29, 0.717) is 5.56 Å². The van der Waals surface area contributed by atoms with Gasteiger partial charge in [0.2, 0.25) is 0 Å². The first-order valence-electron chi connectivity index (χ1n) is 6.43. The highest BCUT2D eigenvalue weighted by Crippen LogP contribution is 2.23. The number of hydrogen-bond acceptors (Lipinski definition) is 5. The number of carboxylic acids is 1. The number of nitrogens with zero attached hydrogens (tertiary/aromatic N) is 2. The van der Waals surface area contributed by atoms with Gasteiger partial charge in [-0.1, -0.05) is 29.3 Å². The van der Waals surface area contributed by atoms with E-state index in [4.69, 9.17) is 34.0 Å². The third-order valence-electron chi connectivity index (χ3n) is 2.93. The number of carboxylic acid groups (broad SMARTS) is 1. The summed E-state index contributed by atoms with van der Waals surface area (Å²) in [6.07, 6.45) is 2.95. The predicted molar refractivity (Wildman–Crippen MR) is 85.8 cm³/mol. The van der Waals surface area contributed by atoms with Crippen molar-refractivity contribution in [3.63, 3.8) is 0 Å². The summed E-state index contributed by atoms with van der Waals surface area (Å²) in [4.78, 5) is 30.6. The number of pyridine rings is 2. The van der Waals surface area contributed by atoms with E-state index < -0.39 is 17.9 Å². The lowest BCUT2D eigenvalue weighted by atomic mass is 10.1. The number of halogens is 2. The average Bonchev–Trinajstić information content (AvgIpc) is 2.51. The van der Waals surface area contributed by atoms with Crippen LogP contribution in [0.2, 0.25) is 10.2 Å². The monoisotopic (exact) mass is 354 g/mol. The van der Waals surface area contributed by atoms with E-state index in [1.807, 2.05) is 0 Å². The highest BCUT2D eigenvalue weighted by atomic mass is 35.5. The van der Waals surface area contributed by atoms with Gasteiger partial charge in [0, 0.05) is 12.4 Å². The van der Waals surface area contributed by atoms with Crippen LogP contribution in [0.3, 0.4) is 0 Å². The number of aromatic nitrogens is 2. The van der Waals surface area contributed by atoms with Gasteiger partial charge in [0.1, 0.15) is 17.0 Å². The molecule has 9 heteroatoms. The molecule has 0 bridgehead atoms. The van der Waals surface area contributed by atoms with Crippen LogP contribution < -0.4 is 11.1 Å². The molecule has 0 aliphatic heterocycles. The molecule has 2 aromatic rings. The first-order chi connectivity index (χ1) is 10.9. The van der Waals surface area contributed by atoms with Crippen molar-refractivity contribution >= 4 is 40.9 Å². The van der Waals surface area contributed by atoms with Crippen molar-refractivity contribution in [3.8, 4) is 0 Å². The van der Waals surface area contributed by atoms with Gasteiger partial charge >= 0.3 is 5.97 Å². The lowest BCUT2D eigenvalue weighted by molar-refractivity contribution is -0.138. The van der Waals surface area contributed by atoms with Gasteiger partial charge in [-0.15, -0.1) is 0 Å². The summed E-state index contributed by atoms with van der Waals surface area (Å²) in [5.74, 6) is -1.29. The van der Waals surface area contributed by atoms with Crippen LogP contribution in [0.1, 0.15) is 15.9 Å². The van der Waals surface area contributed by atoms with E-state index in [2.05, 4.69) is 15.3 Å². The molecule has 0 radical (unpaired) electrons. The lowest BCUT2D eigenvalue weighted by Crippen LogP contribution is -2.32. The van der Waals surface area contributed by atoms with Gasteiger partial charge in [-0.3, -0.25) is 9.59 Å². The van der Waals surface area contributed by atoms with Crippen molar-refractivity contribution in [3.05, 3.63) is 51.9 Å². The summed E-state index contributed by atoms with van der Waals surface area (Å²) < 4.78 is 0. The molecule has 23 heavy (non-hydrogen) atoms. The van der Waals surface area contributed by atoms with Gasteiger partial charge in [-0.2, -0.15) is 0 Å². The second-order valence-electron chi connectivity index (χ2n) is 4.62. The molecule has 0 aliphatic rings. The van der Waals surface area contributed by atoms with E-state index >= 15 is 0 Å². The Labute approximate surface area is 141 Å². The Morgan fingerprint density at radius 1 is 1.26 bits per heavy atom. The van der Waals surface area contributed by atoms with E-state index in [1.165, 1.54) is 18.5 Å². The molecule has 2 aromatic heterocycles. The molecule has 7 nitrogen and oxygen atoms in total. The number of hydrogen-bond donors (Lipinski definition) is 3. The molecule has 4 N–H and O–H groups in total. The number of anilines is 1. The minimum Gasteiger partial charge on any atom is -0.480 e. The maximum absolute atomic E-state index is 12.1. The zero-order chi connectivity index (χ0) is 17.0. The normalized spacial score (nSPS) is 11.8. The minimum atomic E-state index is -1.09. The second-order valence-corrected chi connectivity index (χ2v) is 5.35. The smallest absolute Gasteiger partial charge is 0.320 e. The molecular formula is C14H12Cl2N4O3. The van der Waals surface area contributed by atoms with Gasteiger partial charge in [-0.05, 0) is 24.1 Å². The van der Waals surface area contributed by atoms with Crippen LogP contribution in [0, 0.1) is 0 Å². The SMILES string of the molecule is NC(Cc1ccc(NC(=O)c2ccnc(Cl)c2Cl)nc1)C(=O)O. The Morgan fingerprint density at radius 3 is 2.61 bits per heavy atom. The van der Waals surface area contributed by atoms with Crippen LogP contribution in [0.25, 0.3) is 0 Å². The van der Waals surface area contributed by atoms with Crippen molar-refractivity contribution < 1.29 is 14.7 Å². The molecule has 2 heterocycles. The predicted octanol–water partition coefficient (Wildman–Crippen LogP) is 1.99. The van der Waals surface area contributed by atoms with Gasteiger partial charge in [0.05, 0.1) is 10.6 Å². The van der Waals surface area contributed by atoms with E-state index in [9.17, 15) is 9.59 Å². The van der Waals surface area contributed by atoms with E-state index in [0.717, 1.165) is 0 Å². The third kappa shape index (κ3) is 4.38. The molecule has 0 spiro atoms. The van der Waals surface area contributed by atoms with Crippen LogP contribution >= 0.6 is 23.2 Å². The van der Waals surface area contributed by atoms with Crippen molar-refractivity contribution in [1.29, 1.82) is 0 Å². The first-order valence-corrected chi connectivity index (χ1v) is 7.18. The Morgan fingerprint density at radius 2 is 2.00 bits per heavy atom.